The average molecular weight is 179 g/mol. The molecule has 13 heavy (non-hydrogen) atoms. The predicted molar refractivity (Wildman–Crippen MR) is 52.9 cm³/mol. The number of aryl methyl sites for hydroxylation is 1. The fourth-order valence-electron chi connectivity index (χ4n) is 1.25. The van der Waals surface area contributed by atoms with Gasteiger partial charge in [0.1, 0.15) is 5.82 Å². The molecule has 0 aliphatic heterocycles. The van der Waals surface area contributed by atoms with Gasteiger partial charge in [-0.25, -0.2) is 4.39 Å². The van der Waals surface area contributed by atoms with E-state index in [1.54, 1.807) is 18.2 Å². The summed E-state index contributed by atoms with van der Waals surface area (Å²) >= 11 is 0. The number of rotatable bonds is 3. The van der Waals surface area contributed by atoms with Crippen LogP contribution >= 0.6 is 0 Å². The molecular weight excluding hydrogens is 165 g/mol. The number of halogens is 1. The van der Waals surface area contributed by atoms with Crippen LogP contribution in [-0.2, 0) is 0 Å². The van der Waals surface area contributed by atoms with Crippen molar-refractivity contribution in [3.05, 3.63) is 47.8 Å². The molecule has 0 unspecified atom stereocenters. The van der Waals surface area contributed by atoms with Gasteiger partial charge in [-0.1, -0.05) is 23.8 Å². The highest BCUT2D eigenvalue weighted by Crippen LogP contribution is 2.19. The third-order valence-corrected chi connectivity index (χ3v) is 1.97. The van der Waals surface area contributed by atoms with Crippen molar-refractivity contribution in [3.63, 3.8) is 0 Å². The molecule has 0 aliphatic carbocycles. The summed E-state index contributed by atoms with van der Waals surface area (Å²) in [4.78, 5) is 0. The fourth-order valence-corrected chi connectivity index (χ4v) is 1.25. The summed E-state index contributed by atoms with van der Waals surface area (Å²) in [5, 5.41) is 0. The SMILES string of the molecule is C=CC[C@@H](N)c1cc(C)ccc1F. The molecule has 0 heterocycles. The standard InChI is InChI=1S/C11H14FN/c1-3-4-11(13)9-7-8(2)5-6-10(9)12/h3,5-7,11H,1,4,13H2,2H3/t11-/m1/s1. The van der Waals surface area contributed by atoms with Crippen molar-refractivity contribution in [2.75, 3.05) is 0 Å². The van der Waals surface area contributed by atoms with Crippen molar-refractivity contribution in [1.29, 1.82) is 0 Å². The van der Waals surface area contributed by atoms with Gasteiger partial charge in [0.05, 0.1) is 0 Å². The second kappa shape index (κ2) is 4.19. The number of nitrogens with two attached hydrogens (primary N) is 1. The number of benzene rings is 1. The van der Waals surface area contributed by atoms with Crippen LogP contribution in [0.5, 0.6) is 0 Å². The van der Waals surface area contributed by atoms with Crippen LogP contribution in [0.3, 0.4) is 0 Å². The maximum absolute atomic E-state index is 13.2. The van der Waals surface area contributed by atoms with E-state index in [0.29, 0.717) is 12.0 Å². The van der Waals surface area contributed by atoms with Gasteiger partial charge >= 0.3 is 0 Å². The van der Waals surface area contributed by atoms with Crippen LogP contribution in [0, 0.1) is 12.7 Å². The van der Waals surface area contributed by atoms with Crippen LogP contribution < -0.4 is 5.73 Å². The van der Waals surface area contributed by atoms with Gasteiger partial charge in [-0.2, -0.15) is 0 Å². The van der Waals surface area contributed by atoms with E-state index in [4.69, 9.17) is 5.73 Å². The van der Waals surface area contributed by atoms with Gasteiger partial charge in [-0.15, -0.1) is 6.58 Å². The molecule has 1 atom stereocenters. The molecule has 1 nitrogen and oxygen atoms in total. The average Bonchev–Trinajstić information content (AvgIpc) is 2.09. The van der Waals surface area contributed by atoms with E-state index in [0.717, 1.165) is 5.56 Å². The molecule has 0 amide bonds. The Balaban J connectivity index is 2.97. The van der Waals surface area contributed by atoms with Crippen LogP contribution in [0.15, 0.2) is 30.9 Å². The zero-order chi connectivity index (χ0) is 9.84. The third-order valence-electron chi connectivity index (χ3n) is 1.97. The Labute approximate surface area is 78.1 Å². The van der Waals surface area contributed by atoms with Crippen LogP contribution in [-0.4, -0.2) is 0 Å². The normalized spacial score (nSPS) is 12.5. The van der Waals surface area contributed by atoms with Gasteiger partial charge in [0, 0.05) is 11.6 Å². The Kier molecular flexibility index (Phi) is 3.20. The van der Waals surface area contributed by atoms with Crippen molar-refractivity contribution in [1.82, 2.24) is 0 Å². The van der Waals surface area contributed by atoms with Crippen LogP contribution in [0.25, 0.3) is 0 Å². The van der Waals surface area contributed by atoms with E-state index in [2.05, 4.69) is 6.58 Å². The first-order valence-electron chi connectivity index (χ1n) is 4.27. The molecule has 0 aliphatic rings. The Hall–Kier alpha value is -1.15. The van der Waals surface area contributed by atoms with E-state index < -0.39 is 0 Å². The molecule has 0 spiro atoms. The van der Waals surface area contributed by atoms with E-state index in [9.17, 15) is 4.39 Å². The highest BCUT2D eigenvalue weighted by atomic mass is 19.1. The van der Waals surface area contributed by atoms with Gasteiger partial charge in [0.15, 0.2) is 0 Å². The van der Waals surface area contributed by atoms with Gasteiger partial charge < -0.3 is 5.73 Å². The Morgan fingerprint density at radius 1 is 1.62 bits per heavy atom. The summed E-state index contributed by atoms with van der Waals surface area (Å²) in [5.41, 5.74) is 7.36. The maximum Gasteiger partial charge on any atom is 0.128 e. The molecule has 1 aromatic rings. The van der Waals surface area contributed by atoms with E-state index in [-0.39, 0.29) is 11.9 Å². The highest BCUT2D eigenvalue weighted by Gasteiger charge is 2.09. The topological polar surface area (TPSA) is 26.0 Å². The lowest BCUT2D eigenvalue weighted by Crippen LogP contribution is -2.11. The highest BCUT2D eigenvalue weighted by molar-refractivity contribution is 5.26. The smallest absolute Gasteiger partial charge is 0.128 e. The zero-order valence-electron chi connectivity index (χ0n) is 7.76. The molecule has 2 N–H and O–H groups in total. The second-order valence-corrected chi connectivity index (χ2v) is 3.16. The Morgan fingerprint density at radius 2 is 2.31 bits per heavy atom. The molecule has 0 saturated carbocycles. The lowest BCUT2D eigenvalue weighted by molar-refractivity contribution is 0.583. The Morgan fingerprint density at radius 3 is 2.92 bits per heavy atom. The van der Waals surface area contributed by atoms with Crippen molar-refractivity contribution in [2.45, 2.75) is 19.4 Å². The molecule has 0 radical (unpaired) electrons. The summed E-state index contributed by atoms with van der Waals surface area (Å²) in [5.74, 6) is -0.236. The maximum atomic E-state index is 13.2. The van der Waals surface area contributed by atoms with E-state index >= 15 is 0 Å². The Bertz CT molecular complexity index is 307. The first-order chi connectivity index (χ1) is 6.15. The zero-order valence-corrected chi connectivity index (χ0v) is 7.76. The molecule has 2 heteroatoms. The summed E-state index contributed by atoms with van der Waals surface area (Å²) in [6.45, 7) is 5.50. The lowest BCUT2D eigenvalue weighted by atomic mass is 10.0. The molecule has 0 fully saturated rings. The molecule has 1 rings (SSSR count). The first-order valence-corrected chi connectivity index (χ1v) is 4.27. The molecule has 0 aromatic heterocycles. The monoisotopic (exact) mass is 179 g/mol. The largest absolute Gasteiger partial charge is 0.324 e. The van der Waals surface area contributed by atoms with Crippen molar-refractivity contribution in [3.8, 4) is 0 Å². The minimum absolute atomic E-state index is 0.236. The van der Waals surface area contributed by atoms with Gasteiger partial charge in [-0.3, -0.25) is 0 Å². The minimum atomic E-state index is -0.280. The van der Waals surface area contributed by atoms with Crippen LogP contribution in [0.1, 0.15) is 23.6 Å². The van der Waals surface area contributed by atoms with Gasteiger partial charge in [0.25, 0.3) is 0 Å². The minimum Gasteiger partial charge on any atom is -0.324 e. The number of hydrogen-bond acceptors (Lipinski definition) is 1. The van der Waals surface area contributed by atoms with E-state index in [1.807, 2.05) is 6.92 Å². The summed E-state index contributed by atoms with van der Waals surface area (Å²) < 4.78 is 13.2. The summed E-state index contributed by atoms with van der Waals surface area (Å²) in [6.07, 6.45) is 2.30. The number of hydrogen-bond donors (Lipinski definition) is 1. The molecule has 0 bridgehead atoms. The molecule has 1 aromatic carbocycles. The van der Waals surface area contributed by atoms with Crippen molar-refractivity contribution in [2.24, 2.45) is 5.73 Å². The first kappa shape index (κ1) is 9.93. The molecule has 70 valence electrons. The quantitative estimate of drug-likeness (QED) is 0.709. The second-order valence-electron chi connectivity index (χ2n) is 3.16. The molecule has 0 saturated heterocycles. The van der Waals surface area contributed by atoms with E-state index in [1.165, 1.54) is 6.07 Å². The van der Waals surface area contributed by atoms with Crippen molar-refractivity contribution < 1.29 is 4.39 Å². The predicted octanol–water partition coefficient (Wildman–Crippen LogP) is 2.71. The fraction of sp³-hybridized carbons (Fsp3) is 0.273. The summed E-state index contributed by atoms with van der Waals surface area (Å²) in [7, 11) is 0. The third kappa shape index (κ3) is 2.39. The van der Waals surface area contributed by atoms with Gasteiger partial charge in [-0.05, 0) is 19.4 Å². The van der Waals surface area contributed by atoms with Crippen LogP contribution in [0.2, 0.25) is 0 Å². The van der Waals surface area contributed by atoms with Gasteiger partial charge in [0.2, 0.25) is 0 Å². The van der Waals surface area contributed by atoms with Crippen LogP contribution in [0.4, 0.5) is 4.39 Å². The van der Waals surface area contributed by atoms with Crippen molar-refractivity contribution >= 4 is 0 Å². The molecular formula is C11H14FN. The lowest BCUT2D eigenvalue weighted by Gasteiger charge is -2.11. The summed E-state index contributed by atoms with van der Waals surface area (Å²) in [6, 6.07) is 4.69.